The topological polar surface area (TPSA) is 127 Å². The number of aliphatic hydroxyl groups is 1. The SMILES string of the molecule is CCOC(=O)CCc1cccc(C(C)(CCCC(C)(C)CS(=O)(=O)CCO)C(=O)O)c1OC. The fraction of sp³-hybridized carbons (Fsp3) is 0.667. The standard InChI is InChI=1S/C24H38O8S/c1-6-32-20(26)12-11-18-9-7-10-19(21(18)31-5)24(4,22(27)28)14-8-13-23(2,3)17-33(29,30)16-15-25/h7,9-10,25H,6,8,11-17H2,1-5H3,(H,27,28). The number of sulfone groups is 1. The van der Waals surface area contributed by atoms with Crippen LogP contribution in [0.1, 0.15) is 64.5 Å². The minimum atomic E-state index is -3.38. The van der Waals surface area contributed by atoms with Gasteiger partial charge in [-0.15, -0.1) is 0 Å². The van der Waals surface area contributed by atoms with Crippen LogP contribution in [-0.2, 0) is 36.0 Å². The number of carboxylic acid groups (broad SMARTS) is 1. The molecule has 0 bridgehead atoms. The van der Waals surface area contributed by atoms with Crippen LogP contribution in [0.2, 0.25) is 0 Å². The maximum atomic E-state index is 12.4. The number of hydrogen-bond donors (Lipinski definition) is 2. The lowest BCUT2D eigenvalue weighted by atomic mass is 9.75. The largest absolute Gasteiger partial charge is 0.496 e. The summed E-state index contributed by atoms with van der Waals surface area (Å²) < 4.78 is 34.8. The molecule has 0 aliphatic rings. The van der Waals surface area contributed by atoms with Crippen LogP contribution >= 0.6 is 0 Å². The molecule has 1 aromatic carbocycles. The molecular weight excluding hydrogens is 448 g/mol. The van der Waals surface area contributed by atoms with Crippen LogP contribution in [0.25, 0.3) is 0 Å². The Hall–Kier alpha value is -2.13. The fourth-order valence-electron chi connectivity index (χ4n) is 4.08. The van der Waals surface area contributed by atoms with E-state index in [4.69, 9.17) is 14.6 Å². The highest BCUT2D eigenvalue weighted by atomic mass is 32.2. The van der Waals surface area contributed by atoms with Crippen molar-refractivity contribution in [1.82, 2.24) is 0 Å². The van der Waals surface area contributed by atoms with Crippen molar-refractivity contribution in [1.29, 1.82) is 0 Å². The summed E-state index contributed by atoms with van der Waals surface area (Å²) in [5, 5.41) is 19.1. The summed E-state index contributed by atoms with van der Waals surface area (Å²) in [6, 6.07) is 5.28. The highest BCUT2D eigenvalue weighted by Gasteiger charge is 2.38. The average Bonchev–Trinajstić information content (AvgIpc) is 2.70. The molecule has 2 N–H and O–H groups in total. The van der Waals surface area contributed by atoms with Gasteiger partial charge in [0.1, 0.15) is 5.75 Å². The summed E-state index contributed by atoms with van der Waals surface area (Å²) in [7, 11) is -1.91. The molecule has 0 saturated carbocycles. The number of benzene rings is 1. The Morgan fingerprint density at radius 2 is 1.79 bits per heavy atom. The quantitative estimate of drug-likeness (QED) is 0.362. The monoisotopic (exact) mass is 486 g/mol. The Morgan fingerprint density at radius 1 is 1.12 bits per heavy atom. The molecule has 0 saturated heterocycles. The predicted octanol–water partition coefficient (Wildman–Crippen LogP) is 3.14. The van der Waals surface area contributed by atoms with Crippen molar-refractivity contribution < 1.29 is 37.7 Å². The van der Waals surface area contributed by atoms with Crippen molar-refractivity contribution in [2.45, 2.75) is 65.2 Å². The van der Waals surface area contributed by atoms with E-state index in [1.54, 1.807) is 32.0 Å². The number of ether oxygens (including phenoxy) is 2. The van der Waals surface area contributed by atoms with Crippen LogP contribution in [0.3, 0.4) is 0 Å². The predicted molar refractivity (Wildman–Crippen MR) is 126 cm³/mol. The number of carboxylic acids is 1. The lowest BCUT2D eigenvalue weighted by molar-refractivity contribution is -0.144. The first-order valence-electron chi connectivity index (χ1n) is 11.2. The lowest BCUT2D eigenvalue weighted by Crippen LogP contribution is -2.34. The number of para-hydroxylation sites is 1. The van der Waals surface area contributed by atoms with Crippen LogP contribution in [-0.4, -0.2) is 62.4 Å². The molecule has 9 heteroatoms. The Morgan fingerprint density at radius 3 is 2.33 bits per heavy atom. The van der Waals surface area contributed by atoms with Gasteiger partial charge in [-0.05, 0) is 44.1 Å². The van der Waals surface area contributed by atoms with Gasteiger partial charge >= 0.3 is 11.9 Å². The number of aliphatic hydroxyl groups excluding tert-OH is 1. The Balaban J connectivity index is 3.08. The number of rotatable bonds is 15. The second-order valence-electron chi connectivity index (χ2n) is 9.27. The molecule has 0 fully saturated rings. The third-order valence-electron chi connectivity index (χ3n) is 5.81. The smallest absolute Gasteiger partial charge is 0.313 e. The molecule has 33 heavy (non-hydrogen) atoms. The van der Waals surface area contributed by atoms with E-state index in [2.05, 4.69) is 0 Å². The zero-order valence-electron chi connectivity index (χ0n) is 20.3. The van der Waals surface area contributed by atoms with Crippen LogP contribution in [0, 0.1) is 5.41 Å². The zero-order chi connectivity index (χ0) is 25.3. The molecule has 0 amide bonds. The summed E-state index contributed by atoms with van der Waals surface area (Å²) in [6.45, 7) is 6.92. The molecule has 1 atom stereocenters. The van der Waals surface area contributed by atoms with Gasteiger partial charge < -0.3 is 19.7 Å². The normalized spacial score (nSPS) is 13.9. The molecule has 0 aliphatic carbocycles. The zero-order valence-corrected chi connectivity index (χ0v) is 21.2. The minimum absolute atomic E-state index is 0.0724. The van der Waals surface area contributed by atoms with Crippen LogP contribution < -0.4 is 4.74 Å². The summed E-state index contributed by atoms with van der Waals surface area (Å²) in [5.74, 6) is -1.24. The third-order valence-corrected chi connectivity index (χ3v) is 7.84. The molecule has 0 radical (unpaired) electrons. The van der Waals surface area contributed by atoms with Crippen molar-refractivity contribution in [3.05, 3.63) is 29.3 Å². The van der Waals surface area contributed by atoms with E-state index in [0.29, 0.717) is 37.2 Å². The summed E-state index contributed by atoms with van der Waals surface area (Å²) >= 11 is 0. The first-order chi connectivity index (χ1) is 15.3. The molecule has 8 nitrogen and oxygen atoms in total. The number of aliphatic carboxylic acids is 1. The summed E-state index contributed by atoms with van der Waals surface area (Å²) in [5.41, 5.74) is -0.569. The lowest BCUT2D eigenvalue weighted by Gasteiger charge is -2.30. The highest BCUT2D eigenvalue weighted by molar-refractivity contribution is 7.91. The van der Waals surface area contributed by atoms with Gasteiger partial charge in [0, 0.05) is 12.0 Å². The molecule has 0 spiro atoms. The number of esters is 1. The highest BCUT2D eigenvalue weighted by Crippen LogP contribution is 2.40. The Labute approximate surface area is 197 Å². The van der Waals surface area contributed by atoms with E-state index >= 15 is 0 Å². The average molecular weight is 487 g/mol. The molecular formula is C24H38O8S. The molecule has 1 rings (SSSR count). The molecule has 1 unspecified atom stereocenters. The second kappa shape index (κ2) is 12.4. The molecule has 0 aliphatic heterocycles. The van der Waals surface area contributed by atoms with Gasteiger partial charge in [-0.25, -0.2) is 8.42 Å². The molecule has 188 valence electrons. The molecule has 0 heterocycles. The van der Waals surface area contributed by atoms with Crippen LogP contribution in [0.4, 0.5) is 0 Å². The summed E-state index contributed by atoms with van der Waals surface area (Å²) in [6.07, 6.45) is 1.80. The Bertz CT molecular complexity index is 907. The molecule has 1 aromatic rings. The maximum Gasteiger partial charge on any atom is 0.313 e. The van der Waals surface area contributed by atoms with Gasteiger partial charge in [0.05, 0.1) is 37.2 Å². The van der Waals surface area contributed by atoms with Gasteiger partial charge in [-0.1, -0.05) is 38.5 Å². The first kappa shape index (κ1) is 28.9. The van der Waals surface area contributed by atoms with Crippen molar-refractivity contribution in [2.75, 3.05) is 31.8 Å². The van der Waals surface area contributed by atoms with Gasteiger partial charge in [-0.3, -0.25) is 9.59 Å². The van der Waals surface area contributed by atoms with Gasteiger partial charge in [-0.2, -0.15) is 0 Å². The number of carbonyl (C=O) groups is 2. The fourth-order valence-corrected chi connectivity index (χ4v) is 5.84. The van der Waals surface area contributed by atoms with E-state index in [-0.39, 0.29) is 30.3 Å². The van der Waals surface area contributed by atoms with E-state index in [9.17, 15) is 23.1 Å². The first-order valence-corrected chi connectivity index (χ1v) is 13.0. The Kier molecular flexibility index (Phi) is 10.8. The number of methoxy groups -OCH3 is 1. The number of hydrogen-bond acceptors (Lipinski definition) is 7. The van der Waals surface area contributed by atoms with E-state index in [1.165, 1.54) is 7.11 Å². The van der Waals surface area contributed by atoms with Gasteiger partial charge in [0.25, 0.3) is 0 Å². The van der Waals surface area contributed by atoms with Crippen LogP contribution in [0.15, 0.2) is 18.2 Å². The number of aryl methyl sites for hydroxylation is 1. The van der Waals surface area contributed by atoms with E-state index in [0.717, 1.165) is 5.56 Å². The second-order valence-corrected chi connectivity index (χ2v) is 11.5. The van der Waals surface area contributed by atoms with Crippen molar-refractivity contribution in [3.63, 3.8) is 0 Å². The number of carbonyl (C=O) groups excluding carboxylic acids is 1. The van der Waals surface area contributed by atoms with Crippen molar-refractivity contribution >= 4 is 21.8 Å². The third kappa shape index (κ3) is 8.62. The maximum absolute atomic E-state index is 12.4. The summed E-state index contributed by atoms with van der Waals surface area (Å²) in [4.78, 5) is 24.1. The van der Waals surface area contributed by atoms with Gasteiger partial charge in [0.2, 0.25) is 0 Å². The van der Waals surface area contributed by atoms with Crippen molar-refractivity contribution in [2.24, 2.45) is 5.41 Å². The van der Waals surface area contributed by atoms with E-state index < -0.39 is 33.2 Å². The molecule has 0 aromatic heterocycles. The van der Waals surface area contributed by atoms with Crippen LogP contribution in [0.5, 0.6) is 5.75 Å². The van der Waals surface area contributed by atoms with E-state index in [1.807, 2.05) is 13.8 Å². The van der Waals surface area contributed by atoms with Gasteiger partial charge in [0.15, 0.2) is 9.84 Å². The minimum Gasteiger partial charge on any atom is -0.496 e. The van der Waals surface area contributed by atoms with Crippen molar-refractivity contribution in [3.8, 4) is 5.75 Å².